The Morgan fingerprint density at radius 2 is 1.77 bits per heavy atom. The van der Waals surface area contributed by atoms with Crippen molar-refractivity contribution < 1.29 is 14.1 Å². The quantitative estimate of drug-likeness (QED) is 0.632. The number of hydrogen-bond acceptors (Lipinski definition) is 5. The van der Waals surface area contributed by atoms with Gasteiger partial charge in [0.25, 0.3) is 17.5 Å². The number of carbonyl (C=O) groups excluding carboxylic acids is 2. The first kappa shape index (κ1) is 20.3. The van der Waals surface area contributed by atoms with Crippen LogP contribution in [-0.4, -0.2) is 57.9 Å². The van der Waals surface area contributed by atoms with Crippen molar-refractivity contribution >= 4 is 34.5 Å². The lowest BCUT2D eigenvalue weighted by atomic mass is 10.1. The van der Waals surface area contributed by atoms with Crippen LogP contribution in [-0.2, 0) is 0 Å². The molecule has 0 unspecified atom stereocenters. The lowest BCUT2D eigenvalue weighted by molar-refractivity contribution is 0.0718. The molecule has 0 aliphatic carbocycles. The lowest BCUT2D eigenvalue weighted by Crippen LogP contribution is -2.37. The van der Waals surface area contributed by atoms with Gasteiger partial charge in [0, 0.05) is 32.4 Å². The number of benzene rings is 1. The first-order valence-corrected chi connectivity index (χ1v) is 10.4. The summed E-state index contributed by atoms with van der Waals surface area (Å²) in [4.78, 5) is 33.7. The van der Waals surface area contributed by atoms with Crippen LogP contribution in [0.3, 0.4) is 0 Å². The second-order valence-corrected chi connectivity index (χ2v) is 8.12. The van der Waals surface area contributed by atoms with Crippen molar-refractivity contribution in [3.8, 4) is 0 Å². The number of carbonyl (C=O) groups is 2. The molecule has 156 valence electrons. The fourth-order valence-electron chi connectivity index (χ4n) is 3.69. The molecule has 2 aromatic heterocycles. The predicted octanol–water partition coefficient (Wildman–Crippen LogP) is 3.99. The summed E-state index contributed by atoms with van der Waals surface area (Å²) in [5.74, 6) is -0.0441. The highest BCUT2D eigenvalue weighted by molar-refractivity contribution is 6.33. The molecule has 1 saturated heterocycles. The molecule has 0 radical (unpaired) electrons. The van der Waals surface area contributed by atoms with Gasteiger partial charge < -0.3 is 14.3 Å². The van der Waals surface area contributed by atoms with E-state index in [1.165, 1.54) is 6.20 Å². The summed E-state index contributed by atoms with van der Waals surface area (Å²) in [6.07, 6.45) is 2.22. The third-order valence-corrected chi connectivity index (χ3v) is 5.66. The molecule has 1 aliphatic rings. The molecule has 0 atom stereocenters. The number of nitrogens with zero attached hydrogens (tertiary/aromatic N) is 4. The fourth-order valence-corrected chi connectivity index (χ4v) is 3.91. The molecule has 1 aromatic carbocycles. The predicted molar refractivity (Wildman–Crippen MR) is 114 cm³/mol. The van der Waals surface area contributed by atoms with Gasteiger partial charge in [-0.3, -0.25) is 9.59 Å². The average Bonchev–Trinajstić information content (AvgIpc) is 3.01. The van der Waals surface area contributed by atoms with Crippen LogP contribution in [0.1, 0.15) is 52.6 Å². The summed E-state index contributed by atoms with van der Waals surface area (Å²) in [5.41, 5.74) is 2.21. The third-order valence-electron chi connectivity index (χ3n) is 5.33. The van der Waals surface area contributed by atoms with Crippen LogP contribution in [0.25, 0.3) is 11.1 Å². The smallest absolute Gasteiger partial charge is 0.257 e. The van der Waals surface area contributed by atoms with Crippen LogP contribution in [0.15, 0.2) is 41.1 Å². The normalized spacial score (nSPS) is 14.9. The maximum atomic E-state index is 13.1. The minimum Gasteiger partial charge on any atom is -0.337 e. The van der Waals surface area contributed by atoms with E-state index in [1.54, 1.807) is 40.1 Å². The summed E-state index contributed by atoms with van der Waals surface area (Å²) < 4.78 is 5.26. The van der Waals surface area contributed by atoms with E-state index >= 15 is 0 Å². The minimum absolute atomic E-state index is 0.104. The van der Waals surface area contributed by atoms with Gasteiger partial charge in [0.05, 0.1) is 27.2 Å². The third kappa shape index (κ3) is 3.89. The van der Waals surface area contributed by atoms with Crippen molar-refractivity contribution in [3.05, 3.63) is 58.4 Å². The molecule has 1 fully saturated rings. The minimum atomic E-state index is -0.107. The van der Waals surface area contributed by atoms with Gasteiger partial charge >= 0.3 is 0 Å². The molecule has 30 heavy (non-hydrogen) atoms. The first-order valence-electron chi connectivity index (χ1n) is 10.0. The van der Waals surface area contributed by atoms with Crippen molar-refractivity contribution in [1.82, 2.24) is 19.9 Å². The van der Waals surface area contributed by atoms with Gasteiger partial charge in [0.1, 0.15) is 0 Å². The number of hydrogen-bond donors (Lipinski definition) is 0. The van der Waals surface area contributed by atoms with E-state index in [-0.39, 0.29) is 17.7 Å². The van der Waals surface area contributed by atoms with Gasteiger partial charge in [-0.05, 0) is 30.5 Å². The Morgan fingerprint density at radius 1 is 1.07 bits per heavy atom. The van der Waals surface area contributed by atoms with E-state index in [9.17, 15) is 9.59 Å². The molecule has 3 aromatic rings. The van der Waals surface area contributed by atoms with Crippen molar-refractivity contribution in [2.24, 2.45) is 0 Å². The molecule has 2 amide bonds. The van der Waals surface area contributed by atoms with E-state index in [4.69, 9.17) is 16.1 Å². The summed E-state index contributed by atoms with van der Waals surface area (Å²) in [5, 5.41) is 5.27. The Morgan fingerprint density at radius 3 is 2.47 bits per heavy atom. The van der Waals surface area contributed by atoms with Crippen LogP contribution >= 0.6 is 11.6 Å². The molecule has 0 bridgehead atoms. The molecule has 0 spiro atoms. The number of aromatic nitrogens is 2. The zero-order valence-corrected chi connectivity index (χ0v) is 17.7. The van der Waals surface area contributed by atoms with Crippen LogP contribution in [0.5, 0.6) is 0 Å². The average molecular weight is 427 g/mol. The van der Waals surface area contributed by atoms with E-state index in [0.717, 1.165) is 11.1 Å². The Balaban J connectivity index is 1.50. The van der Waals surface area contributed by atoms with Gasteiger partial charge in [-0.25, -0.2) is 4.98 Å². The van der Waals surface area contributed by atoms with Gasteiger partial charge in [0.2, 0.25) is 0 Å². The number of rotatable bonds is 3. The van der Waals surface area contributed by atoms with E-state index in [0.29, 0.717) is 54.5 Å². The highest BCUT2D eigenvalue weighted by Crippen LogP contribution is 2.25. The maximum absolute atomic E-state index is 13.1. The second-order valence-electron chi connectivity index (χ2n) is 7.72. The molecular weight excluding hydrogens is 404 g/mol. The summed E-state index contributed by atoms with van der Waals surface area (Å²) in [6.45, 7) is 6.10. The summed E-state index contributed by atoms with van der Waals surface area (Å²) in [7, 11) is 0. The van der Waals surface area contributed by atoms with Crippen LogP contribution in [0.2, 0.25) is 5.02 Å². The van der Waals surface area contributed by atoms with Gasteiger partial charge in [0.15, 0.2) is 0 Å². The summed E-state index contributed by atoms with van der Waals surface area (Å²) in [6, 6.07) is 8.83. The highest BCUT2D eigenvalue weighted by Gasteiger charge is 2.25. The van der Waals surface area contributed by atoms with Crippen molar-refractivity contribution in [1.29, 1.82) is 0 Å². The molecule has 1 aliphatic heterocycles. The molecule has 0 saturated carbocycles. The van der Waals surface area contributed by atoms with Gasteiger partial charge in [-0.1, -0.05) is 42.7 Å². The zero-order valence-electron chi connectivity index (χ0n) is 17.0. The van der Waals surface area contributed by atoms with Crippen molar-refractivity contribution in [3.63, 3.8) is 0 Å². The molecule has 3 heterocycles. The molecule has 8 heteroatoms. The highest BCUT2D eigenvalue weighted by atomic mass is 35.5. The Kier molecular flexibility index (Phi) is 5.72. The molecular formula is C22H23ClN4O3. The topological polar surface area (TPSA) is 79.5 Å². The Labute approximate surface area is 179 Å². The monoisotopic (exact) mass is 426 g/mol. The first-order chi connectivity index (χ1) is 14.5. The zero-order chi connectivity index (χ0) is 21.3. The molecule has 7 nitrogen and oxygen atoms in total. The lowest BCUT2D eigenvalue weighted by Gasteiger charge is -2.22. The van der Waals surface area contributed by atoms with Crippen molar-refractivity contribution in [2.45, 2.75) is 26.2 Å². The largest absolute Gasteiger partial charge is 0.337 e. The van der Waals surface area contributed by atoms with Crippen LogP contribution < -0.4 is 0 Å². The summed E-state index contributed by atoms with van der Waals surface area (Å²) >= 11 is 6.18. The maximum Gasteiger partial charge on any atom is 0.257 e. The number of fused-ring (bicyclic) bond motifs is 1. The van der Waals surface area contributed by atoms with Crippen LogP contribution in [0.4, 0.5) is 0 Å². The van der Waals surface area contributed by atoms with Crippen molar-refractivity contribution in [2.75, 3.05) is 26.2 Å². The Bertz CT molecular complexity index is 1090. The second kappa shape index (κ2) is 8.44. The van der Waals surface area contributed by atoms with E-state index in [1.807, 2.05) is 13.8 Å². The SMILES string of the molecule is CC(C)c1noc2ncc(C(=O)N3CCCN(C(=O)c4ccccc4Cl)CC3)cc12. The number of amides is 2. The Hall–Kier alpha value is -2.93. The molecule has 0 N–H and O–H groups in total. The van der Waals surface area contributed by atoms with E-state index < -0.39 is 0 Å². The van der Waals surface area contributed by atoms with E-state index in [2.05, 4.69) is 10.1 Å². The fraction of sp³-hybridized carbons (Fsp3) is 0.364. The standard InChI is InChI=1S/C22H23ClN4O3/c1-14(2)19-17-12-15(13-24-20(17)30-25-19)21(28)26-8-5-9-27(11-10-26)22(29)16-6-3-4-7-18(16)23/h3-4,6-7,12-14H,5,8-11H2,1-2H3. The van der Waals surface area contributed by atoms with Gasteiger partial charge in [-0.2, -0.15) is 0 Å². The molecule has 4 rings (SSSR count). The van der Waals surface area contributed by atoms with Crippen LogP contribution in [0, 0.1) is 0 Å². The van der Waals surface area contributed by atoms with Gasteiger partial charge in [-0.15, -0.1) is 0 Å². The number of pyridine rings is 1. The number of halogens is 1.